The van der Waals surface area contributed by atoms with Crippen LogP contribution in [0.2, 0.25) is 0 Å². The normalized spacial score (nSPS) is 38.2. The Balaban J connectivity index is 1.63. The molecule has 0 saturated heterocycles. The van der Waals surface area contributed by atoms with E-state index in [-0.39, 0.29) is 11.8 Å². The van der Waals surface area contributed by atoms with Crippen molar-refractivity contribution in [2.45, 2.75) is 64.3 Å². The summed E-state index contributed by atoms with van der Waals surface area (Å²) in [6.45, 7) is 2.04. The van der Waals surface area contributed by atoms with Gasteiger partial charge < -0.3 is 10.4 Å². The summed E-state index contributed by atoms with van der Waals surface area (Å²) in [6, 6.07) is -0.699. The molecular weight excluding hydrogens is 266 g/mol. The predicted molar refractivity (Wildman–Crippen MR) is 79.6 cm³/mol. The molecule has 1 amide bonds. The Morgan fingerprint density at radius 3 is 2.14 bits per heavy atom. The molecule has 1 atom stereocenters. The fraction of sp³-hybridized carbons (Fsp3) is 0.882. The number of hydrogen-bond donors (Lipinski definition) is 2. The maximum absolute atomic E-state index is 12.6. The molecule has 118 valence electrons. The van der Waals surface area contributed by atoms with Crippen LogP contribution in [-0.2, 0) is 9.59 Å². The third-order valence-electron chi connectivity index (χ3n) is 5.99. The van der Waals surface area contributed by atoms with Gasteiger partial charge in [0.2, 0.25) is 5.91 Å². The van der Waals surface area contributed by atoms with E-state index in [1.165, 1.54) is 32.1 Å². The lowest BCUT2D eigenvalue weighted by atomic mass is 9.51. The standard InChI is InChI=1S/C17H27NO3/c1-2-3-4-14(17(20)21)18-16(19)15-12-6-10-5-11(8-12)9-13(15)7-10/h10-15H,2-9H2,1H3,(H,18,19)(H,20,21). The summed E-state index contributed by atoms with van der Waals surface area (Å²) in [6.07, 6.45) is 8.49. The molecule has 2 N–H and O–H groups in total. The molecule has 0 heterocycles. The van der Waals surface area contributed by atoms with E-state index in [0.29, 0.717) is 18.3 Å². The number of unbranched alkanes of at least 4 members (excludes halogenated alkanes) is 1. The molecule has 0 aromatic rings. The van der Waals surface area contributed by atoms with Crippen LogP contribution in [0.1, 0.15) is 58.3 Å². The first-order valence-electron chi connectivity index (χ1n) is 8.61. The Kier molecular flexibility index (Phi) is 4.23. The zero-order valence-electron chi connectivity index (χ0n) is 12.9. The molecule has 0 radical (unpaired) electrons. The Hall–Kier alpha value is -1.06. The molecule has 4 aliphatic rings. The number of amides is 1. The maximum atomic E-state index is 12.6. The van der Waals surface area contributed by atoms with Crippen LogP contribution in [-0.4, -0.2) is 23.0 Å². The molecule has 4 nitrogen and oxygen atoms in total. The van der Waals surface area contributed by atoms with Gasteiger partial charge in [-0.05, 0) is 62.2 Å². The van der Waals surface area contributed by atoms with Crippen LogP contribution in [0.5, 0.6) is 0 Å². The zero-order chi connectivity index (χ0) is 15.0. The van der Waals surface area contributed by atoms with Crippen molar-refractivity contribution >= 4 is 11.9 Å². The summed E-state index contributed by atoms with van der Waals surface area (Å²) in [5, 5.41) is 12.1. The average Bonchev–Trinajstić information content (AvgIpc) is 2.41. The van der Waals surface area contributed by atoms with Crippen LogP contribution < -0.4 is 5.32 Å². The van der Waals surface area contributed by atoms with Crippen molar-refractivity contribution in [3.63, 3.8) is 0 Å². The summed E-state index contributed by atoms with van der Waals surface area (Å²) < 4.78 is 0. The molecular formula is C17H27NO3. The van der Waals surface area contributed by atoms with Gasteiger partial charge in [0, 0.05) is 5.92 Å². The van der Waals surface area contributed by atoms with Crippen LogP contribution in [0.15, 0.2) is 0 Å². The topological polar surface area (TPSA) is 66.4 Å². The van der Waals surface area contributed by atoms with Crippen molar-refractivity contribution in [3.8, 4) is 0 Å². The fourth-order valence-corrected chi connectivity index (χ4v) is 5.29. The Bertz CT molecular complexity index is 392. The van der Waals surface area contributed by atoms with E-state index in [0.717, 1.165) is 24.7 Å². The second-order valence-electron chi connectivity index (χ2n) is 7.50. The van der Waals surface area contributed by atoms with Crippen molar-refractivity contribution < 1.29 is 14.7 Å². The maximum Gasteiger partial charge on any atom is 0.326 e. The third kappa shape index (κ3) is 2.95. The SMILES string of the molecule is CCCCC(NC(=O)C1C2CC3CC(C2)CC1C3)C(=O)O. The minimum atomic E-state index is -0.888. The lowest BCUT2D eigenvalue weighted by molar-refractivity contribution is -0.146. The monoisotopic (exact) mass is 293 g/mol. The highest BCUT2D eigenvalue weighted by Crippen LogP contribution is 2.56. The van der Waals surface area contributed by atoms with Gasteiger partial charge in [0.25, 0.3) is 0 Å². The van der Waals surface area contributed by atoms with Crippen molar-refractivity contribution in [1.82, 2.24) is 5.32 Å². The minimum Gasteiger partial charge on any atom is -0.480 e. The van der Waals surface area contributed by atoms with Gasteiger partial charge in [0.05, 0.1) is 0 Å². The van der Waals surface area contributed by atoms with Crippen LogP contribution in [0.25, 0.3) is 0 Å². The van der Waals surface area contributed by atoms with E-state index in [9.17, 15) is 14.7 Å². The fourth-order valence-electron chi connectivity index (χ4n) is 5.29. The van der Waals surface area contributed by atoms with Crippen molar-refractivity contribution in [2.24, 2.45) is 29.6 Å². The molecule has 0 spiro atoms. The first-order chi connectivity index (χ1) is 10.1. The molecule has 1 unspecified atom stereocenters. The second kappa shape index (κ2) is 5.98. The van der Waals surface area contributed by atoms with Crippen molar-refractivity contribution in [2.75, 3.05) is 0 Å². The van der Waals surface area contributed by atoms with Gasteiger partial charge in [-0.1, -0.05) is 19.8 Å². The van der Waals surface area contributed by atoms with Gasteiger partial charge >= 0.3 is 5.97 Å². The third-order valence-corrected chi connectivity index (χ3v) is 5.99. The lowest BCUT2D eigenvalue weighted by Crippen LogP contribution is -2.53. The van der Waals surface area contributed by atoms with E-state index >= 15 is 0 Å². The first kappa shape index (κ1) is 14.9. The largest absolute Gasteiger partial charge is 0.480 e. The summed E-state index contributed by atoms with van der Waals surface area (Å²) in [4.78, 5) is 24.0. The van der Waals surface area contributed by atoms with Gasteiger partial charge in [0.15, 0.2) is 0 Å². The molecule has 21 heavy (non-hydrogen) atoms. The van der Waals surface area contributed by atoms with E-state index in [2.05, 4.69) is 5.32 Å². The van der Waals surface area contributed by atoms with E-state index in [1.807, 2.05) is 6.92 Å². The molecule has 4 rings (SSSR count). The smallest absolute Gasteiger partial charge is 0.326 e. The Morgan fingerprint density at radius 2 is 1.67 bits per heavy atom. The molecule has 4 aliphatic carbocycles. The molecule has 4 heteroatoms. The number of hydrogen-bond acceptors (Lipinski definition) is 2. The van der Waals surface area contributed by atoms with Crippen LogP contribution in [0, 0.1) is 29.6 Å². The quantitative estimate of drug-likeness (QED) is 0.791. The molecule has 0 aromatic heterocycles. The number of carbonyl (C=O) groups is 2. The molecule has 4 fully saturated rings. The van der Waals surface area contributed by atoms with E-state index in [1.54, 1.807) is 0 Å². The summed E-state index contributed by atoms with van der Waals surface area (Å²) >= 11 is 0. The predicted octanol–water partition coefficient (Wildman–Crippen LogP) is 2.82. The highest BCUT2D eigenvalue weighted by molar-refractivity contribution is 5.85. The number of nitrogens with one attached hydrogen (secondary N) is 1. The van der Waals surface area contributed by atoms with Crippen molar-refractivity contribution in [3.05, 3.63) is 0 Å². The number of carboxylic acids is 1. The van der Waals surface area contributed by atoms with Gasteiger partial charge in [-0.3, -0.25) is 4.79 Å². The first-order valence-corrected chi connectivity index (χ1v) is 8.61. The molecule has 0 aliphatic heterocycles. The lowest BCUT2D eigenvalue weighted by Gasteiger charge is -2.53. The molecule has 0 aromatic carbocycles. The summed E-state index contributed by atoms with van der Waals surface area (Å²) in [5.74, 6) is 1.93. The Labute approximate surface area is 126 Å². The second-order valence-corrected chi connectivity index (χ2v) is 7.50. The highest BCUT2D eigenvalue weighted by atomic mass is 16.4. The summed E-state index contributed by atoms with van der Waals surface area (Å²) in [5.41, 5.74) is 0. The van der Waals surface area contributed by atoms with Gasteiger partial charge in [-0.2, -0.15) is 0 Å². The van der Waals surface area contributed by atoms with E-state index < -0.39 is 12.0 Å². The Morgan fingerprint density at radius 1 is 1.10 bits per heavy atom. The van der Waals surface area contributed by atoms with Crippen LogP contribution in [0.3, 0.4) is 0 Å². The van der Waals surface area contributed by atoms with E-state index in [4.69, 9.17) is 0 Å². The van der Waals surface area contributed by atoms with Gasteiger partial charge in [0.1, 0.15) is 6.04 Å². The number of carbonyl (C=O) groups excluding carboxylic acids is 1. The minimum absolute atomic E-state index is 0.0207. The average molecular weight is 293 g/mol. The number of rotatable bonds is 6. The van der Waals surface area contributed by atoms with Crippen molar-refractivity contribution in [1.29, 1.82) is 0 Å². The number of aliphatic carboxylic acids is 1. The highest BCUT2D eigenvalue weighted by Gasteiger charge is 2.51. The van der Waals surface area contributed by atoms with Gasteiger partial charge in [-0.25, -0.2) is 4.79 Å². The van der Waals surface area contributed by atoms with Crippen LogP contribution in [0.4, 0.5) is 0 Å². The molecule has 4 bridgehead atoms. The zero-order valence-corrected chi connectivity index (χ0v) is 12.9. The van der Waals surface area contributed by atoms with Gasteiger partial charge in [-0.15, -0.1) is 0 Å². The summed E-state index contributed by atoms with van der Waals surface area (Å²) in [7, 11) is 0. The van der Waals surface area contributed by atoms with Crippen LogP contribution >= 0.6 is 0 Å². The molecule has 4 saturated carbocycles. The number of carboxylic acid groups (broad SMARTS) is 1.